The standard InChI is InChI=1S/C9H8ClN3OS/c10-5-2-1-3-6-8(5)12-9(15)13(6)4-7(11)14/h1-3H,4H2,(H2,11,14)(H,12,15). The molecule has 0 radical (unpaired) electrons. The number of carbonyl (C=O) groups is 1. The SMILES string of the molecule is NC(=O)Cn1c(=S)[nH]c2c(Cl)cccc21. The normalized spacial score (nSPS) is 10.7. The Morgan fingerprint density at radius 2 is 2.33 bits per heavy atom. The molecule has 2 rings (SSSR count). The van der Waals surface area contributed by atoms with Crippen molar-refractivity contribution in [3.05, 3.63) is 28.0 Å². The molecule has 6 heteroatoms. The molecule has 0 spiro atoms. The maximum absolute atomic E-state index is 10.9. The van der Waals surface area contributed by atoms with E-state index in [1.807, 2.05) is 6.07 Å². The van der Waals surface area contributed by atoms with E-state index in [0.29, 0.717) is 9.79 Å². The zero-order valence-corrected chi connectivity index (χ0v) is 9.23. The van der Waals surface area contributed by atoms with Crippen molar-refractivity contribution < 1.29 is 4.79 Å². The van der Waals surface area contributed by atoms with Gasteiger partial charge in [-0.05, 0) is 24.4 Å². The van der Waals surface area contributed by atoms with Crippen LogP contribution < -0.4 is 5.73 Å². The smallest absolute Gasteiger partial charge is 0.237 e. The second-order valence-corrected chi connectivity index (χ2v) is 3.91. The Hall–Kier alpha value is -1.33. The molecule has 78 valence electrons. The third kappa shape index (κ3) is 1.75. The molecule has 0 fully saturated rings. The summed E-state index contributed by atoms with van der Waals surface area (Å²) in [5.41, 5.74) is 6.64. The Bertz CT molecular complexity index is 587. The summed E-state index contributed by atoms with van der Waals surface area (Å²) in [5, 5.41) is 0.571. The Kier molecular flexibility index (Phi) is 2.50. The summed E-state index contributed by atoms with van der Waals surface area (Å²) in [4.78, 5) is 13.8. The van der Waals surface area contributed by atoms with E-state index >= 15 is 0 Å². The van der Waals surface area contributed by atoms with Crippen LogP contribution in [0.2, 0.25) is 5.02 Å². The molecule has 0 unspecified atom stereocenters. The van der Waals surface area contributed by atoms with Crippen LogP contribution in [-0.2, 0) is 11.3 Å². The van der Waals surface area contributed by atoms with Gasteiger partial charge in [0.15, 0.2) is 4.77 Å². The molecule has 4 nitrogen and oxygen atoms in total. The number of rotatable bonds is 2. The summed E-state index contributed by atoms with van der Waals surface area (Å²) in [5.74, 6) is -0.438. The molecule has 0 aliphatic rings. The number of hydrogen-bond acceptors (Lipinski definition) is 2. The molecule has 1 amide bonds. The Morgan fingerprint density at radius 1 is 1.60 bits per heavy atom. The minimum atomic E-state index is -0.438. The van der Waals surface area contributed by atoms with Gasteiger partial charge in [0.25, 0.3) is 0 Å². The Balaban J connectivity index is 2.74. The molecule has 0 bridgehead atoms. The number of fused-ring (bicyclic) bond motifs is 1. The number of hydrogen-bond donors (Lipinski definition) is 2. The summed E-state index contributed by atoms with van der Waals surface area (Å²) >= 11 is 11.0. The molecule has 15 heavy (non-hydrogen) atoms. The third-order valence-electron chi connectivity index (χ3n) is 2.07. The second-order valence-electron chi connectivity index (χ2n) is 3.12. The highest BCUT2D eigenvalue weighted by molar-refractivity contribution is 7.71. The van der Waals surface area contributed by atoms with Gasteiger partial charge >= 0.3 is 0 Å². The minimum absolute atomic E-state index is 0.0547. The van der Waals surface area contributed by atoms with Crippen LogP contribution >= 0.6 is 23.8 Å². The van der Waals surface area contributed by atoms with E-state index in [1.165, 1.54) is 0 Å². The van der Waals surface area contributed by atoms with Crippen molar-refractivity contribution in [2.75, 3.05) is 0 Å². The highest BCUT2D eigenvalue weighted by atomic mass is 35.5. The fourth-order valence-electron chi connectivity index (χ4n) is 1.46. The minimum Gasteiger partial charge on any atom is -0.368 e. The van der Waals surface area contributed by atoms with E-state index in [1.54, 1.807) is 16.7 Å². The van der Waals surface area contributed by atoms with Crippen LogP contribution in [0, 0.1) is 4.77 Å². The van der Waals surface area contributed by atoms with Crippen LogP contribution in [0.5, 0.6) is 0 Å². The van der Waals surface area contributed by atoms with Crippen molar-refractivity contribution >= 4 is 40.8 Å². The lowest BCUT2D eigenvalue weighted by Gasteiger charge is -2.00. The van der Waals surface area contributed by atoms with Gasteiger partial charge in [0, 0.05) is 0 Å². The van der Waals surface area contributed by atoms with Gasteiger partial charge in [-0.15, -0.1) is 0 Å². The van der Waals surface area contributed by atoms with Gasteiger partial charge in [0.05, 0.1) is 16.1 Å². The number of benzene rings is 1. The number of primary amides is 1. The van der Waals surface area contributed by atoms with Crippen molar-refractivity contribution in [1.82, 2.24) is 9.55 Å². The molecule has 2 aromatic rings. The van der Waals surface area contributed by atoms with Gasteiger partial charge in [-0.25, -0.2) is 0 Å². The number of nitrogens with zero attached hydrogens (tertiary/aromatic N) is 1. The average Bonchev–Trinajstić information content (AvgIpc) is 2.45. The number of H-pyrrole nitrogens is 1. The molecule has 1 heterocycles. The van der Waals surface area contributed by atoms with Gasteiger partial charge in [0.2, 0.25) is 5.91 Å². The van der Waals surface area contributed by atoms with E-state index in [-0.39, 0.29) is 6.54 Å². The van der Waals surface area contributed by atoms with E-state index in [9.17, 15) is 4.79 Å². The number of amides is 1. The van der Waals surface area contributed by atoms with Gasteiger partial charge in [-0.2, -0.15) is 0 Å². The number of imidazole rings is 1. The molecule has 0 saturated heterocycles. The van der Waals surface area contributed by atoms with E-state index < -0.39 is 5.91 Å². The fourth-order valence-corrected chi connectivity index (χ4v) is 1.94. The highest BCUT2D eigenvalue weighted by Crippen LogP contribution is 2.22. The molecule has 3 N–H and O–H groups in total. The molecule has 0 atom stereocenters. The maximum atomic E-state index is 10.9. The lowest BCUT2D eigenvalue weighted by molar-refractivity contribution is -0.118. The number of aromatic nitrogens is 2. The second kappa shape index (κ2) is 3.67. The Morgan fingerprint density at radius 3 is 3.00 bits per heavy atom. The molecule has 0 aliphatic heterocycles. The van der Waals surface area contributed by atoms with Gasteiger partial charge in [-0.3, -0.25) is 4.79 Å². The van der Waals surface area contributed by atoms with Crippen molar-refractivity contribution in [1.29, 1.82) is 0 Å². The monoisotopic (exact) mass is 241 g/mol. The lowest BCUT2D eigenvalue weighted by atomic mass is 10.3. The average molecular weight is 242 g/mol. The zero-order valence-electron chi connectivity index (χ0n) is 7.66. The summed E-state index contributed by atoms with van der Waals surface area (Å²) in [7, 11) is 0. The van der Waals surface area contributed by atoms with Gasteiger partial charge in [-0.1, -0.05) is 17.7 Å². The van der Waals surface area contributed by atoms with Crippen molar-refractivity contribution in [2.45, 2.75) is 6.54 Å². The predicted molar refractivity (Wildman–Crippen MR) is 61.3 cm³/mol. The van der Waals surface area contributed by atoms with E-state index in [0.717, 1.165) is 11.0 Å². The molecule has 1 aromatic heterocycles. The van der Waals surface area contributed by atoms with Crippen LogP contribution in [0.25, 0.3) is 11.0 Å². The quantitative estimate of drug-likeness (QED) is 0.788. The van der Waals surface area contributed by atoms with Crippen molar-refractivity contribution in [3.63, 3.8) is 0 Å². The molecule has 0 aliphatic carbocycles. The number of aromatic amines is 1. The first-order valence-corrected chi connectivity index (χ1v) is 5.03. The maximum Gasteiger partial charge on any atom is 0.237 e. The van der Waals surface area contributed by atoms with E-state index in [2.05, 4.69) is 4.98 Å². The largest absolute Gasteiger partial charge is 0.368 e. The van der Waals surface area contributed by atoms with Crippen LogP contribution in [0.15, 0.2) is 18.2 Å². The van der Waals surface area contributed by atoms with Crippen LogP contribution in [0.1, 0.15) is 0 Å². The summed E-state index contributed by atoms with van der Waals surface area (Å²) in [6, 6.07) is 5.38. The number of para-hydroxylation sites is 1. The molecule has 1 aromatic carbocycles. The third-order valence-corrected chi connectivity index (χ3v) is 2.71. The van der Waals surface area contributed by atoms with Crippen LogP contribution in [-0.4, -0.2) is 15.5 Å². The van der Waals surface area contributed by atoms with Crippen molar-refractivity contribution in [2.24, 2.45) is 5.73 Å². The summed E-state index contributed by atoms with van der Waals surface area (Å²) in [6.07, 6.45) is 0. The van der Waals surface area contributed by atoms with Gasteiger partial charge in [0.1, 0.15) is 6.54 Å². The lowest BCUT2D eigenvalue weighted by Crippen LogP contribution is -2.18. The fraction of sp³-hybridized carbons (Fsp3) is 0.111. The number of nitrogens with two attached hydrogens (primary N) is 1. The summed E-state index contributed by atoms with van der Waals surface area (Å²) < 4.78 is 2.07. The first-order chi connectivity index (χ1) is 7.09. The van der Waals surface area contributed by atoms with Crippen molar-refractivity contribution in [3.8, 4) is 0 Å². The first-order valence-electron chi connectivity index (χ1n) is 4.25. The Labute approximate surface area is 95.6 Å². The highest BCUT2D eigenvalue weighted by Gasteiger charge is 2.08. The van der Waals surface area contributed by atoms with E-state index in [4.69, 9.17) is 29.6 Å². The van der Waals surface area contributed by atoms with Gasteiger partial charge < -0.3 is 15.3 Å². The topological polar surface area (TPSA) is 63.8 Å². The first kappa shape index (κ1) is 10.2. The van der Waals surface area contributed by atoms with Crippen LogP contribution in [0.4, 0.5) is 0 Å². The summed E-state index contributed by atoms with van der Waals surface area (Å²) in [6.45, 7) is 0.0547. The van der Waals surface area contributed by atoms with Crippen LogP contribution in [0.3, 0.4) is 0 Å². The number of carbonyl (C=O) groups excluding carboxylic acids is 1. The number of halogens is 1. The molecular formula is C9H8ClN3OS. The molecule has 0 saturated carbocycles. The number of nitrogens with one attached hydrogen (secondary N) is 1. The zero-order chi connectivity index (χ0) is 11.0. The molecular weight excluding hydrogens is 234 g/mol. The predicted octanol–water partition coefficient (Wildman–Crippen LogP) is 1.84.